The molecule has 0 aliphatic carbocycles. The summed E-state index contributed by atoms with van der Waals surface area (Å²) in [6.07, 6.45) is 3.51. The van der Waals surface area contributed by atoms with Gasteiger partial charge in [-0.1, -0.05) is 23.7 Å². The lowest BCUT2D eigenvalue weighted by Crippen LogP contribution is -2.29. The summed E-state index contributed by atoms with van der Waals surface area (Å²) >= 11 is 12.1. The Balaban J connectivity index is 1.63. The molecule has 0 unspecified atom stereocenters. The van der Waals surface area contributed by atoms with Crippen LogP contribution >= 0.6 is 23.8 Å². The van der Waals surface area contributed by atoms with Crippen molar-refractivity contribution in [1.82, 2.24) is 19.8 Å². The van der Waals surface area contributed by atoms with E-state index in [0.29, 0.717) is 16.7 Å². The molecule has 1 N–H and O–H groups in total. The van der Waals surface area contributed by atoms with Crippen LogP contribution in [0.3, 0.4) is 0 Å². The lowest BCUT2D eigenvalue weighted by Gasteiger charge is -2.27. The van der Waals surface area contributed by atoms with E-state index in [2.05, 4.69) is 45.7 Å². The van der Waals surface area contributed by atoms with E-state index < -0.39 is 0 Å². The van der Waals surface area contributed by atoms with E-state index in [9.17, 15) is 0 Å². The summed E-state index contributed by atoms with van der Waals surface area (Å²) < 4.78 is 7.89. The van der Waals surface area contributed by atoms with E-state index >= 15 is 0 Å². The fourth-order valence-corrected chi connectivity index (χ4v) is 5.07. The van der Waals surface area contributed by atoms with E-state index in [4.69, 9.17) is 28.2 Å². The van der Waals surface area contributed by atoms with Gasteiger partial charge >= 0.3 is 0 Å². The third kappa shape index (κ3) is 3.70. The van der Waals surface area contributed by atoms with Gasteiger partial charge in [0.1, 0.15) is 5.76 Å². The first-order valence-electron chi connectivity index (χ1n) is 10.5. The summed E-state index contributed by atoms with van der Waals surface area (Å²) in [6, 6.07) is 19.9. The van der Waals surface area contributed by atoms with Gasteiger partial charge in [-0.05, 0) is 80.2 Å². The molecule has 5 rings (SSSR count). The fraction of sp³-hybridized carbons (Fsp3) is 0.200. The fourth-order valence-electron chi connectivity index (χ4n) is 4.58. The van der Waals surface area contributed by atoms with Crippen LogP contribution < -0.4 is 5.32 Å². The van der Waals surface area contributed by atoms with Crippen molar-refractivity contribution >= 4 is 28.9 Å². The van der Waals surface area contributed by atoms with Crippen LogP contribution in [-0.4, -0.2) is 19.6 Å². The second-order valence-corrected chi connectivity index (χ2v) is 8.80. The van der Waals surface area contributed by atoms with Crippen molar-refractivity contribution in [1.29, 1.82) is 0 Å². The number of nitrogens with one attached hydrogen (secondary N) is 1. The van der Waals surface area contributed by atoms with Gasteiger partial charge in [-0.25, -0.2) is 0 Å². The molecule has 4 aromatic rings. The van der Waals surface area contributed by atoms with Crippen LogP contribution in [0.15, 0.2) is 77.5 Å². The standard InChI is InChI=1S/C25H23ClN4OS/c1-16-13-21(17(2)30(16)19-8-5-7-18(26)14-19)24-23(22-10-3-4-11-27-22)28-25(32)29(24)15-20-9-6-12-31-20/h3-14,23-24H,15H2,1-2H3,(H,28,32)/t23-,24+/m1/s1. The lowest BCUT2D eigenvalue weighted by atomic mass is 9.96. The van der Waals surface area contributed by atoms with Crippen molar-refractivity contribution < 1.29 is 4.42 Å². The predicted molar refractivity (Wildman–Crippen MR) is 130 cm³/mol. The van der Waals surface area contributed by atoms with Gasteiger partial charge in [0, 0.05) is 28.3 Å². The third-order valence-electron chi connectivity index (χ3n) is 5.96. The minimum atomic E-state index is -0.0769. The lowest BCUT2D eigenvalue weighted by molar-refractivity contribution is 0.286. The molecule has 1 fully saturated rings. The van der Waals surface area contributed by atoms with Crippen molar-refractivity contribution in [3.05, 3.63) is 107 Å². The number of thiocarbonyl (C=S) groups is 1. The maximum Gasteiger partial charge on any atom is 0.170 e. The molecule has 1 aliphatic heterocycles. The Hall–Kier alpha value is -3.09. The van der Waals surface area contributed by atoms with Crippen LogP contribution in [0, 0.1) is 13.8 Å². The first kappa shape index (κ1) is 20.8. The van der Waals surface area contributed by atoms with Gasteiger partial charge in [0.05, 0.1) is 30.6 Å². The summed E-state index contributed by atoms with van der Waals surface area (Å²) in [7, 11) is 0. The quantitative estimate of drug-likeness (QED) is 0.373. The second-order valence-electron chi connectivity index (χ2n) is 7.98. The number of nitrogens with zero attached hydrogens (tertiary/aromatic N) is 3. The molecule has 4 heterocycles. The van der Waals surface area contributed by atoms with Crippen molar-refractivity contribution in [2.24, 2.45) is 0 Å². The number of hydrogen-bond acceptors (Lipinski definition) is 3. The van der Waals surface area contributed by atoms with Crippen LogP contribution in [0.1, 0.15) is 40.5 Å². The van der Waals surface area contributed by atoms with Gasteiger partial charge in [0.25, 0.3) is 0 Å². The minimum absolute atomic E-state index is 0.0402. The first-order chi connectivity index (χ1) is 15.5. The molecule has 3 aromatic heterocycles. The van der Waals surface area contributed by atoms with Crippen molar-refractivity contribution in [2.45, 2.75) is 32.5 Å². The number of aromatic nitrogens is 2. The van der Waals surface area contributed by atoms with Crippen LogP contribution in [0.5, 0.6) is 0 Å². The zero-order chi connectivity index (χ0) is 22.2. The average molecular weight is 463 g/mol. The summed E-state index contributed by atoms with van der Waals surface area (Å²) in [5.41, 5.74) is 5.47. The van der Waals surface area contributed by atoms with Gasteiger partial charge in [-0.3, -0.25) is 4.98 Å². The molecule has 0 amide bonds. The zero-order valence-corrected chi connectivity index (χ0v) is 19.4. The largest absolute Gasteiger partial charge is 0.467 e. The Morgan fingerprint density at radius 1 is 1.09 bits per heavy atom. The molecule has 7 heteroatoms. The molecule has 1 saturated heterocycles. The number of furan rings is 1. The highest BCUT2D eigenvalue weighted by atomic mass is 35.5. The number of aryl methyl sites for hydroxylation is 1. The maximum atomic E-state index is 6.29. The molecule has 1 aliphatic rings. The van der Waals surface area contributed by atoms with Gasteiger partial charge in [-0.2, -0.15) is 0 Å². The van der Waals surface area contributed by atoms with Crippen molar-refractivity contribution in [2.75, 3.05) is 0 Å². The van der Waals surface area contributed by atoms with E-state index in [1.54, 1.807) is 6.26 Å². The minimum Gasteiger partial charge on any atom is -0.467 e. The van der Waals surface area contributed by atoms with Gasteiger partial charge in [0.15, 0.2) is 5.11 Å². The van der Waals surface area contributed by atoms with Crippen LogP contribution in [-0.2, 0) is 6.54 Å². The average Bonchev–Trinajstić information content (AvgIpc) is 3.48. The Bertz CT molecular complexity index is 1250. The van der Waals surface area contributed by atoms with E-state index in [0.717, 1.165) is 28.5 Å². The van der Waals surface area contributed by atoms with Crippen LogP contribution in [0.25, 0.3) is 5.69 Å². The molecular weight excluding hydrogens is 440 g/mol. The van der Waals surface area contributed by atoms with Gasteiger partial charge in [0.2, 0.25) is 0 Å². The number of rotatable bonds is 5. The predicted octanol–water partition coefficient (Wildman–Crippen LogP) is 5.91. The van der Waals surface area contributed by atoms with Crippen LogP contribution in [0.4, 0.5) is 0 Å². The number of hydrogen-bond donors (Lipinski definition) is 1. The Morgan fingerprint density at radius 2 is 1.97 bits per heavy atom. The molecule has 0 radical (unpaired) electrons. The smallest absolute Gasteiger partial charge is 0.170 e. The summed E-state index contributed by atoms with van der Waals surface area (Å²) in [4.78, 5) is 6.83. The molecule has 0 spiro atoms. The van der Waals surface area contributed by atoms with E-state index in [1.807, 2.05) is 54.7 Å². The molecule has 2 atom stereocenters. The number of pyridine rings is 1. The number of halogens is 1. The Labute approximate surface area is 197 Å². The third-order valence-corrected chi connectivity index (χ3v) is 6.55. The topological polar surface area (TPSA) is 46.2 Å². The Morgan fingerprint density at radius 3 is 2.69 bits per heavy atom. The highest BCUT2D eigenvalue weighted by Crippen LogP contribution is 2.42. The van der Waals surface area contributed by atoms with Crippen molar-refractivity contribution in [3.8, 4) is 5.69 Å². The highest BCUT2D eigenvalue weighted by Gasteiger charge is 2.41. The SMILES string of the molecule is Cc1cc([C@H]2[C@@H](c3ccccn3)NC(=S)N2Cc2ccco2)c(C)n1-c1cccc(Cl)c1. The van der Waals surface area contributed by atoms with Crippen LogP contribution in [0.2, 0.25) is 5.02 Å². The molecular formula is C25H23ClN4OS. The normalized spacial score (nSPS) is 18.2. The summed E-state index contributed by atoms with van der Waals surface area (Å²) in [5, 5.41) is 4.91. The summed E-state index contributed by atoms with van der Waals surface area (Å²) in [5.74, 6) is 0.865. The van der Waals surface area contributed by atoms with Crippen molar-refractivity contribution in [3.63, 3.8) is 0 Å². The highest BCUT2D eigenvalue weighted by molar-refractivity contribution is 7.80. The first-order valence-corrected chi connectivity index (χ1v) is 11.3. The second kappa shape index (κ2) is 8.45. The Kier molecular flexibility index (Phi) is 5.49. The van der Waals surface area contributed by atoms with E-state index in [-0.39, 0.29) is 12.1 Å². The van der Waals surface area contributed by atoms with E-state index in [1.165, 1.54) is 5.56 Å². The maximum absolute atomic E-state index is 6.29. The molecule has 5 nitrogen and oxygen atoms in total. The van der Waals surface area contributed by atoms with Gasteiger partial charge < -0.3 is 19.2 Å². The zero-order valence-electron chi connectivity index (χ0n) is 17.8. The van der Waals surface area contributed by atoms with Gasteiger partial charge in [-0.15, -0.1) is 0 Å². The summed E-state index contributed by atoms with van der Waals surface area (Å²) in [6.45, 7) is 4.84. The molecule has 32 heavy (non-hydrogen) atoms. The molecule has 0 saturated carbocycles. The number of benzene rings is 1. The molecule has 1 aromatic carbocycles. The monoisotopic (exact) mass is 462 g/mol. The molecule has 0 bridgehead atoms. The molecule has 162 valence electrons.